The quantitative estimate of drug-likeness (QED) is 0.693. The molecule has 2 heterocycles. The molecule has 3 aromatic rings. The fourth-order valence-corrected chi connectivity index (χ4v) is 3.27. The molecule has 1 aliphatic carbocycles. The Morgan fingerprint density at radius 3 is 2.75 bits per heavy atom. The highest BCUT2D eigenvalue weighted by Gasteiger charge is 2.34. The first kappa shape index (κ1) is 15.1. The Kier molecular flexibility index (Phi) is 3.90. The lowest BCUT2D eigenvalue weighted by Gasteiger charge is -2.21. The van der Waals surface area contributed by atoms with Gasteiger partial charge in [-0.05, 0) is 42.0 Å². The topological polar surface area (TPSA) is 46.3 Å². The predicted octanol–water partition coefficient (Wildman–Crippen LogP) is 4.35. The molecular formula is C18H15FN2O2S. The number of hydrogen-bond acceptors (Lipinski definition) is 4. The van der Waals surface area contributed by atoms with E-state index < -0.39 is 0 Å². The van der Waals surface area contributed by atoms with E-state index in [1.54, 1.807) is 23.1 Å². The molecule has 122 valence electrons. The maximum absolute atomic E-state index is 13.1. The molecule has 6 heteroatoms. The minimum absolute atomic E-state index is 0.145. The van der Waals surface area contributed by atoms with Gasteiger partial charge in [0.25, 0.3) is 5.91 Å². The van der Waals surface area contributed by atoms with Gasteiger partial charge in [0, 0.05) is 18.7 Å². The number of hydrogen-bond donors (Lipinski definition) is 0. The number of aromatic nitrogens is 1. The third kappa shape index (κ3) is 3.10. The van der Waals surface area contributed by atoms with Gasteiger partial charge in [0.15, 0.2) is 11.5 Å². The molecule has 4 nitrogen and oxygen atoms in total. The van der Waals surface area contributed by atoms with Crippen LogP contribution in [0, 0.1) is 5.82 Å². The third-order valence-corrected chi connectivity index (χ3v) is 4.89. The van der Waals surface area contributed by atoms with Crippen molar-refractivity contribution in [2.45, 2.75) is 25.4 Å². The highest BCUT2D eigenvalue weighted by atomic mass is 32.1. The molecule has 0 unspecified atom stereocenters. The SMILES string of the molecule is O=C(c1cc(-c2cccs2)on1)N(Cc1ccc(F)cc1)C1CC1. The van der Waals surface area contributed by atoms with Crippen molar-refractivity contribution in [2.24, 2.45) is 0 Å². The van der Waals surface area contributed by atoms with Crippen LogP contribution in [0.1, 0.15) is 28.9 Å². The van der Waals surface area contributed by atoms with Crippen LogP contribution in [0.4, 0.5) is 4.39 Å². The number of rotatable bonds is 5. The second-order valence-electron chi connectivity index (χ2n) is 5.84. The van der Waals surface area contributed by atoms with Crippen LogP contribution in [-0.4, -0.2) is 22.0 Å². The third-order valence-electron chi connectivity index (χ3n) is 4.01. The van der Waals surface area contributed by atoms with Crippen molar-refractivity contribution in [1.82, 2.24) is 10.1 Å². The summed E-state index contributed by atoms with van der Waals surface area (Å²) < 4.78 is 18.4. The average Bonchev–Trinajstić information content (AvgIpc) is 3.09. The molecule has 2 aromatic heterocycles. The zero-order valence-electron chi connectivity index (χ0n) is 12.8. The number of carbonyl (C=O) groups excluding carboxylic acids is 1. The van der Waals surface area contributed by atoms with E-state index in [0.717, 1.165) is 23.3 Å². The highest BCUT2D eigenvalue weighted by molar-refractivity contribution is 7.13. The van der Waals surface area contributed by atoms with E-state index in [1.165, 1.54) is 23.5 Å². The predicted molar refractivity (Wildman–Crippen MR) is 89.1 cm³/mol. The average molecular weight is 342 g/mol. The van der Waals surface area contributed by atoms with Crippen LogP contribution in [0.5, 0.6) is 0 Å². The van der Waals surface area contributed by atoms with Crippen LogP contribution in [0.15, 0.2) is 52.4 Å². The molecule has 1 aliphatic rings. The number of carbonyl (C=O) groups is 1. The largest absolute Gasteiger partial charge is 0.355 e. The Balaban J connectivity index is 1.55. The van der Waals surface area contributed by atoms with E-state index in [4.69, 9.17) is 4.52 Å². The zero-order chi connectivity index (χ0) is 16.5. The van der Waals surface area contributed by atoms with Crippen LogP contribution < -0.4 is 0 Å². The minimum Gasteiger partial charge on any atom is -0.355 e. The summed E-state index contributed by atoms with van der Waals surface area (Å²) >= 11 is 1.54. The summed E-state index contributed by atoms with van der Waals surface area (Å²) in [6, 6.07) is 12.0. The van der Waals surface area contributed by atoms with Gasteiger partial charge in [0.1, 0.15) is 5.82 Å². The van der Waals surface area contributed by atoms with E-state index in [0.29, 0.717) is 18.0 Å². The second-order valence-corrected chi connectivity index (χ2v) is 6.79. The van der Waals surface area contributed by atoms with E-state index in [2.05, 4.69) is 5.16 Å². The van der Waals surface area contributed by atoms with Gasteiger partial charge in [-0.1, -0.05) is 23.4 Å². The lowest BCUT2D eigenvalue weighted by Crippen LogP contribution is -2.32. The first-order chi connectivity index (χ1) is 11.7. The van der Waals surface area contributed by atoms with Gasteiger partial charge in [0.05, 0.1) is 4.88 Å². The number of halogens is 1. The van der Waals surface area contributed by atoms with Crippen molar-refractivity contribution >= 4 is 17.2 Å². The monoisotopic (exact) mass is 342 g/mol. The first-order valence-corrected chi connectivity index (χ1v) is 8.65. The number of nitrogens with zero attached hydrogens (tertiary/aromatic N) is 2. The van der Waals surface area contributed by atoms with E-state index in [-0.39, 0.29) is 17.8 Å². The molecule has 0 radical (unpaired) electrons. The van der Waals surface area contributed by atoms with Gasteiger partial charge in [-0.2, -0.15) is 0 Å². The van der Waals surface area contributed by atoms with Crippen LogP contribution in [-0.2, 0) is 6.54 Å². The molecule has 1 aromatic carbocycles. The van der Waals surface area contributed by atoms with E-state index in [1.807, 2.05) is 17.5 Å². The summed E-state index contributed by atoms with van der Waals surface area (Å²) in [6.07, 6.45) is 1.98. The van der Waals surface area contributed by atoms with Crippen LogP contribution in [0.2, 0.25) is 0 Å². The van der Waals surface area contributed by atoms with Gasteiger partial charge >= 0.3 is 0 Å². The summed E-state index contributed by atoms with van der Waals surface area (Å²) in [4.78, 5) is 15.6. The smallest absolute Gasteiger partial charge is 0.276 e. The summed E-state index contributed by atoms with van der Waals surface area (Å²) in [7, 11) is 0. The van der Waals surface area contributed by atoms with Crippen molar-refractivity contribution in [3.63, 3.8) is 0 Å². The highest BCUT2D eigenvalue weighted by Crippen LogP contribution is 2.31. The standard InChI is InChI=1S/C18H15FN2O2S/c19-13-5-3-12(4-6-13)11-21(14-7-8-14)18(22)15-10-16(23-20-15)17-2-1-9-24-17/h1-6,9-10,14H,7-8,11H2. The Morgan fingerprint density at radius 2 is 2.08 bits per heavy atom. The molecule has 0 atom stereocenters. The molecular weight excluding hydrogens is 327 g/mol. The minimum atomic E-state index is -0.278. The van der Waals surface area contributed by atoms with Gasteiger partial charge in [-0.25, -0.2) is 4.39 Å². The Hall–Kier alpha value is -2.47. The summed E-state index contributed by atoms with van der Waals surface area (Å²) in [5.74, 6) is 0.180. The van der Waals surface area contributed by atoms with E-state index >= 15 is 0 Å². The van der Waals surface area contributed by atoms with Gasteiger partial charge in [-0.15, -0.1) is 11.3 Å². The Morgan fingerprint density at radius 1 is 1.29 bits per heavy atom. The van der Waals surface area contributed by atoms with Gasteiger partial charge in [-0.3, -0.25) is 4.79 Å². The summed E-state index contributed by atoms with van der Waals surface area (Å²) in [6.45, 7) is 0.449. The van der Waals surface area contributed by atoms with Gasteiger partial charge < -0.3 is 9.42 Å². The maximum Gasteiger partial charge on any atom is 0.276 e. The molecule has 0 spiro atoms. The normalized spacial score (nSPS) is 13.9. The fraction of sp³-hybridized carbons (Fsp3) is 0.222. The van der Waals surface area contributed by atoms with Crippen molar-refractivity contribution in [3.8, 4) is 10.6 Å². The zero-order valence-corrected chi connectivity index (χ0v) is 13.6. The van der Waals surface area contributed by atoms with Gasteiger partial charge in [0.2, 0.25) is 0 Å². The number of benzene rings is 1. The molecule has 0 aliphatic heterocycles. The molecule has 4 rings (SSSR count). The second kappa shape index (κ2) is 6.20. The van der Waals surface area contributed by atoms with Crippen molar-refractivity contribution < 1.29 is 13.7 Å². The molecule has 0 saturated heterocycles. The van der Waals surface area contributed by atoms with Crippen molar-refractivity contribution in [2.75, 3.05) is 0 Å². The molecule has 0 bridgehead atoms. The molecule has 24 heavy (non-hydrogen) atoms. The van der Waals surface area contributed by atoms with Crippen LogP contribution >= 0.6 is 11.3 Å². The van der Waals surface area contributed by atoms with Crippen molar-refractivity contribution in [1.29, 1.82) is 0 Å². The Bertz CT molecular complexity index is 838. The number of thiophene rings is 1. The lowest BCUT2D eigenvalue weighted by molar-refractivity contribution is 0.0719. The number of amides is 1. The first-order valence-electron chi connectivity index (χ1n) is 7.77. The van der Waals surface area contributed by atoms with Crippen LogP contribution in [0.3, 0.4) is 0 Å². The maximum atomic E-state index is 13.1. The molecule has 1 amide bonds. The molecule has 1 saturated carbocycles. The van der Waals surface area contributed by atoms with Crippen LogP contribution in [0.25, 0.3) is 10.6 Å². The van der Waals surface area contributed by atoms with E-state index in [9.17, 15) is 9.18 Å². The molecule has 0 N–H and O–H groups in total. The summed E-state index contributed by atoms with van der Waals surface area (Å²) in [5, 5.41) is 5.89. The van der Waals surface area contributed by atoms with Crippen molar-refractivity contribution in [3.05, 3.63) is 64.9 Å². The Labute approximate surface area is 142 Å². The fourth-order valence-electron chi connectivity index (χ4n) is 2.60. The summed E-state index contributed by atoms with van der Waals surface area (Å²) in [5.41, 5.74) is 1.21. The lowest BCUT2D eigenvalue weighted by atomic mass is 10.2. The molecule has 1 fully saturated rings.